The summed E-state index contributed by atoms with van der Waals surface area (Å²) >= 11 is 6.09. The van der Waals surface area contributed by atoms with E-state index in [2.05, 4.69) is 4.98 Å². The summed E-state index contributed by atoms with van der Waals surface area (Å²) in [6.45, 7) is 1.80. The van der Waals surface area contributed by atoms with E-state index in [1.54, 1.807) is 38.3 Å². The molecule has 0 fully saturated rings. The second kappa shape index (κ2) is 5.92. The Hall–Kier alpha value is -2.07. The summed E-state index contributed by atoms with van der Waals surface area (Å²) < 4.78 is 5.10. The number of aromatic nitrogens is 1. The molecule has 104 valence electrons. The number of ether oxygens (including phenoxy) is 1. The van der Waals surface area contributed by atoms with E-state index in [0.717, 1.165) is 11.3 Å². The maximum atomic E-state index is 10.7. The maximum absolute atomic E-state index is 10.7. The van der Waals surface area contributed by atoms with Crippen molar-refractivity contribution in [2.24, 2.45) is 0 Å². The molecule has 0 unspecified atom stereocenters. The van der Waals surface area contributed by atoms with Gasteiger partial charge in [0.25, 0.3) is 0 Å². The van der Waals surface area contributed by atoms with Gasteiger partial charge in [0.15, 0.2) is 0 Å². The summed E-state index contributed by atoms with van der Waals surface area (Å²) in [6, 6.07) is 9.00. The molecule has 0 aliphatic rings. The fraction of sp³-hybridized carbons (Fsp3) is 0.200. The van der Waals surface area contributed by atoms with Crippen LogP contribution in [0.2, 0.25) is 5.02 Å². The molecule has 1 heterocycles. The van der Waals surface area contributed by atoms with Gasteiger partial charge in [-0.15, -0.1) is 0 Å². The van der Waals surface area contributed by atoms with Crippen molar-refractivity contribution in [2.45, 2.75) is 13.3 Å². The first-order chi connectivity index (χ1) is 9.51. The van der Waals surface area contributed by atoms with Gasteiger partial charge in [0.2, 0.25) is 0 Å². The summed E-state index contributed by atoms with van der Waals surface area (Å²) in [4.78, 5) is 15.2. The minimum Gasteiger partial charge on any atom is -0.495 e. The molecule has 0 aliphatic carbocycles. The third-order valence-corrected chi connectivity index (χ3v) is 3.28. The molecule has 0 spiro atoms. The van der Waals surface area contributed by atoms with Gasteiger partial charge in [0.1, 0.15) is 5.75 Å². The highest BCUT2D eigenvalue weighted by Crippen LogP contribution is 2.29. The third kappa shape index (κ3) is 3.08. The van der Waals surface area contributed by atoms with Gasteiger partial charge in [-0.2, -0.15) is 0 Å². The van der Waals surface area contributed by atoms with E-state index in [1.165, 1.54) is 0 Å². The second-order valence-electron chi connectivity index (χ2n) is 4.36. The van der Waals surface area contributed by atoms with Crippen LogP contribution in [0.1, 0.15) is 11.3 Å². The molecule has 0 saturated carbocycles. The fourth-order valence-electron chi connectivity index (χ4n) is 1.93. The predicted molar refractivity (Wildman–Crippen MR) is 77.3 cm³/mol. The lowest BCUT2D eigenvalue weighted by Gasteiger charge is -2.08. The molecule has 0 radical (unpaired) electrons. The Morgan fingerprint density at radius 2 is 2.10 bits per heavy atom. The quantitative estimate of drug-likeness (QED) is 0.938. The van der Waals surface area contributed by atoms with Gasteiger partial charge in [0, 0.05) is 11.3 Å². The van der Waals surface area contributed by atoms with Crippen molar-refractivity contribution < 1.29 is 14.6 Å². The lowest BCUT2D eigenvalue weighted by atomic mass is 10.1. The smallest absolute Gasteiger partial charge is 0.307 e. The predicted octanol–water partition coefficient (Wildman–Crippen LogP) is 3.35. The Morgan fingerprint density at radius 3 is 2.65 bits per heavy atom. The van der Waals surface area contributed by atoms with Gasteiger partial charge in [0.05, 0.1) is 24.2 Å². The molecule has 2 rings (SSSR count). The van der Waals surface area contributed by atoms with Crippen LogP contribution in [0.5, 0.6) is 5.75 Å². The van der Waals surface area contributed by atoms with Crippen LogP contribution >= 0.6 is 11.6 Å². The number of carbonyl (C=O) groups is 1. The molecule has 20 heavy (non-hydrogen) atoms. The number of halogens is 1. The fourth-order valence-corrected chi connectivity index (χ4v) is 2.18. The number of hydrogen-bond donors (Lipinski definition) is 1. The Kier molecular flexibility index (Phi) is 4.25. The van der Waals surface area contributed by atoms with Crippen LogP contribution in [0.3, 0.4) is 0 Å². The third-order valence-electron chi connectivity index (χ3n) is 2.98. The highest BCUT2D eigenvalue weighted by atomic mass is 35.5. The summed E-state index contributed by atoms with van der Waals surface area (Å²) in [6.07, 6.45) is -0.0253. The van der Waals surface area contributed by atoms with E-state index in [-0.39, 0.29) is 6.42 Å². The molecule has 0 saturated heterocycles. The van der Waals surface area contributed by atoms with E-state index < -0.39 is 5.97 Å². The summed E-state index contributed by atoms with van der Waals surface area (Å²) in [5, 5.41) is 9.33. The molecule has 1 N–H and O–H groups in total. The lowest BCUT2D eigenvalue weighted by molar-refractivity contribution is -0.136. The van der Waals surface area contributed by atoms with Crippen molar-refractivity contribution >= 4 is 17.6 Å². The van der Waals surface area contributed by atoms with Crippen LogP contribution in [-0.2, 0) is 11.2 Å². The van der Waals surface area contributed by atoms with Crippen molar-refractivity contribution in [3.63, 3.8) is 0 Å². The van der Waals surface area contributed by atoms with Gasteiger partial charge in [-0.25, -0.2) is 0 Å². The number of nitrogens with zero attached hydrogens (tertiary/aromatic N) is 1. The highest BCUT2D eigenvalue weighted by molar-refractivity contribution is 6.32. The zero-order valence-corrected chi connectivity index (χ0v) is 11.9. The number of aliphatic carboxylic acids is 1. The Labute approximate surface area is 122 Å². The van der Waals surface area contributed by atoms with E-state index in [4.69, 9.17) is 21.4 Å². The second-order valence-corrected chi connectivity index (χ2v) is 4.77. The standard InChI is InChI=1S/C15H14ClNO3/c1-9-10(8-15(18)19)3-5-13(17-9)11-4-6-14(20-2)12(16)7-11/h3-7H,8H2,1-2H3,(H,18,19). The molecule has 0 amide bonds. The highest BCUT2D eigenvalue weighted by Gasteiger charge is 2.09. The SMILES string of the molecule is COc1ccc(-c2ccc(CC(=O)O)c(C)n2)cc1Cl. The summed E-state index contributed by atoms with van der Waals surface area (Å²) in [5.41, 5.74) is 3.03. The number of hydrogen-bond acceptors (Lipinski definition) is 3. The summed E-state index contributed by atoms with van der Waals surface area (Å²) in [7, 11) is 1.56. The number of benzene rings is 1. The monoisotopic (exact) mass is 291 g/mol. The minimum absolute atomic E-state index is 0.0253. The van der Waals surface area contributed by atoms with E-state index in [0.29, 0.717) is 22.0 Å². The number of rotatable bonds is 4. The Bertz CT molecular complexity index is 656. The average Bonchev–Trinajstić information content (AvgIpc) is 2.40. The molecule has 1 aromatic carbocycles. The average molecular weight is 292 g/mol. The summed E-state index contributed by atoms with van der Waals surface area (Å²) in [5.74, 6) is -0.259. The largest absolute Gasteiger partial charge is 0.495 e. The van der Waals surface area contributed by atoms with Crippen molar-refractivity contribution in [2.75, 3.05) is 7.11 Å². The van der Waals surface area contributed by atoms with E-state index >= 15 is 0 Å². The van der Waals surface area contributed by atoms with Crippen molar-refractivity contribution in [1.29, 1.82) is 0 Å². The van der Waals surface area contributed by atoms with E-state index in [1.807, 2.05) is 6.07 Å². The molecule has 0 aliphatic heterocycles. The molecule has 4 nitrogen and oxygen atoms in total. The number of carboxylic acids is 1. The van der Waals surface area contributed by atoms with Crippen molar-refractivity contribution in [3.8, 4) is 17.0 Å². The van der Waals surface area contributed by atoms with Crippen LogP contribution in [0.15, 0.2) is 30.3 Å². The molecule has 0 bridgehead atoms. The van der Waals surface area contributed by atoms with Gasteiger partial charge < -0.3 is 9.84 Å². The number of carboxylic acid groups (broad SMARTS) is 1. The molecule has 5 heteroatoms. The van der Waals surface area contributed by atoms with Gasteiger partial charge in [-0.3, -0.25) is 9.78 Å². The van der Waals surface area contributed by atoms with Gasteiger partial charge >= 0.3 is 5.97 Å². The topological polar surface area (TPSA) is 59.4 Å². The Balaban J connectivity index is 2.36. The zero-order chi connectivity index (χ0) is 14.7. The number of pyridine rings is 1. The molecular weight excluding hydrogens is 278 g/mol. The number of methoxy groups -OCH3 is 1. The molecule has 2 aromatic rings. The van der Waals surface area contributed by atoms with Gasteiger partial charge in [-0.05, 0) is 36.8 Å². The van der Waals surface area contributed by atoms with Crippen molar-refractivity contribution in [3.05, 3.63) is 46.6 Å². The lowest BCUT2D eigenvalue weighted by Crippen LogP contribution is -2.03. The normalized spacial score (nSPS) is 10.3. The first kappa shape index (κ1) is 14.3. The molecule has 0 atom stereocenters. The van der Waals surface area contributed by atoms with Gasteiger partial charge in [-0.1, -0.05) is 17.7 Å². The molecule has 1 aromatic heterocycles. The minimum atomic E-state index is -0.866. The molecular formula is C15H14ClNO3. The van der Waals surface area contributed by atoms with Crippen molar-refractivity contribution in [1.82, 2.24) is 4.98 Å². The zero-order valence-electron chi connectivity index (χ0n) is 11.2. The van der Waals surface area contributed by atoms with E-state index in [9.17, 15) is 4.79 Å². The van der Waals surface area contributed by atoms with Crippen LogP contribution in [0.25, 0.3) is 11.3 Å². The van der Waals surface area contributed by atoms with Crippen LogP contribution < -0.4 is 4.74 Å². The maximum Gasteiger partial charge on any atom is 0.307 e. The Morgan fingerprint density at radius 1 is 1.35 bits per heavy atom. The number of aryl methyl sites for hydroxylation is 1. The van der Waals surface area contributed by atoms with Crippen LogP contribution in [0, 0.1) is 6.92 Å². The first-order valence-corrected chi connectivity index (χ1v) is 6.41. The van der Waals surface area contributed by atoms with Crippen LogP contribution in [0.4, 0.5) is 0 Å². The van der Waals surface area contributed by atoms with Crippen LogP contribution in [-0.4, -0.2) is 23.2 Å². The first-order valence-electron chi connectivity index (χ1n) is 6.03.